The zero-order valence-electron chi connectivity index (χ0n) is 12.6. The molecule has 0 heterocycles. The number of hydrogen-bond donors (Lipinski definition) is 2. The number of carbonyl (C=O) groups excluding carboxylic acids is 1. The molecule has 0 saturated heterocycles. The van der Waals surface area contributed by atoms with Crippen molar-refractivity contribution in [3.8, 4) is 17.6 Å². The molecular weight excluding hydrogens is 270 g/mol. The Morgan fingerprint density at radius 3 is 2.67 bits per heavy atom. The van der Waals surface area contributed by atoms with Crippen LogP contribution in [0.2, 0.25) is 0 Å². The first-order chi connectivity index (χ1) is 10.1. The van der Waals surface area contributed by atoms with Crippen molar-refractivity contribution in [1.29, 1.82) is 5.26 Å². The summed E-state index contributed by atoms with van der Waals surface area (Å²) in [5.41, 5.74) is 0.735. The molecule has 6 nitrogen and oxygen atoms in total. The summed E-state index contributed by atoms with van der Waals surface area (Å²) in [5.74, 6) is 1.09. The number of benzene rings is 1. The van der Waals surface area contributed by atoms with Crippen LogP contribution >= 0.6 is 0 Å². The molecule has 2 N–H and O–H groups in total. The van der Waals surface area contributed by atoms with Gasteiger partial charge in [-0.3, -0.25) is 10.1 Å². The van der Waals surface area contributed by atoms with Crippen molar-refractivity contribution in [1.82, 2.24) is 10.6 Å². The van der Waals surface area contributed by atoms with Crippen molar-refractivity contribution < 1.29 is 14.3 Å². The summed E-state index contributed by atoms with van der Waals surface area (Å²) >= 11 is 0. The zero-order chi connectivity index (χ0) is 15.7. The number of nitriles is 1. The average molecular weight is 291 g/mol. The molecule has 0 aliphatic rings. The van der Waals surface area contributed by atoms with E-state index in [2.05, 4.69) is 16.7 Å². The van der Waals surface area contributed by atoms with Crippen LogP contribution in [0.3, 0.4) is 0 Å². The van der Waals surface area contributed by atoms with Crippen LogP contribution in [0.25, 0.3) is 0 Å². The number of nitrogens with zero attached hydrogens (tertiary/aromatic N) is 1. The lowest BCUT2D eigenvalue weighted by molar-refractivity contribution is -0.118. The second kappa shape index (κ2) is 8.82. The summed E-state index contributed by atoms with van der Waals surface area (Å²) in [7, 11) is 3.11. The molecule has 0 spiro atoms. The van der Waals surface area contributed by atoms with Crippen molar-refractivity contribution in [3.63, 3.8) is 0 Å². The lowest BCUT2D eigenvalue weighted by atomic mass is 10.1. The summed E-state index contributed by atoms with van der Waals surface area (Å²) in [4.78, 5) is 10.8. The minimum atomic E-state index is -0.493. The van der Waals surface area contributed by atoms with E-state index in [0.29, 0.717) is 24.6 Å². The van der Waals surface area contributed by atoms with Crippen molar-refractivity contribution in [2.24, 2.45) is 0 Å². The number of methoxy groups -OCH3 is 2. The van der Waals surface area contributed by atoms with Gasteiger partial charge in [0.2, 0.25) is 5.91 Å². The van der Waals surface area contributed by atoms with Gasteiger partial charge < -0.3 is 14.8 Å². The smallest absolute Gasteiger partial charge is 0.216 e. The Morgan fingerprint density at radius 1 is 1.33 bits per heavy atom. The highest BCUT2D eigenvalue weighted by molar-refractivity contribution is 5.72. The molecule has 1 unspecified atom stereocenters. The van der Waals surface area contributed by atoms with E-state index in [1.807, 2.05) is 12.1 Å². The van der Waals surface area contributed by atoms with Crippen molar-refractivity contribution in [2.45, 2.75) is 19.4 Å². The summed E-state index contributed by atoms with van der Waals surface area (Å²) in [5, 5.41) is 15.2. The normalized spacial score (nSPS) is 11.3. The molecule has 21 heavy (non-hydrogen) atoms. The standard InChI is InChI=1S/C15H21N3O3/c1-11(19)17-8-5-9-18-13(10-16)12-6-4-7-14(20-2)15(12)21-3/h4,6-7,13,18H,5,8-9H2,1-3H3,(H,17,19). The van der Waals surface area contributed by atoms with Gasteiger partial charge in [-0.2, -0.15) is 5.26 Å². The van der Waals surface area contributed by atoms with E-state index in [0.717, 1.165) is 12.0 Å². The van der Waals surface area contributed by atoms with Gasteiger partial charge in [-0.05, 0) is 19.0 Å². The van der Waals surface area contributed by atoms with Gasteiger partial charge in [-0.1, -0.05) is 12.1 Å². The second-order valence-corrected chi connectivity index (χ2v) is 4.44. The Labute approximate surface area is 125 Å². The molecule has 6 heteroatoms. The highest BCUT2D eigenvalue weighted by Crippen LogP contribution is 2.34. The highest BCUT2D eigenvalue weighted by Gasteiger charge is 2.18. The summed E-state index contributed by atoms with van der Waals surface area (Å²) < 4.78 is 10.6. The molecule has 0 radical (unpaired) electrons. The number of hydrogen-bond acceptors (Lipinski definition) is 5. The molecule has 0 bridgehead atoms. The van der Waals surface area contributed by atoms with Crippen LogP contribution in [-0.4, -0.2) is 33.2 Å². The molecule has 1 rings (SSSR count). The van der Waals surface area contributed by atoms with E-state index < -0.39 is 6.04 Å². The maximum Gasteiger partial charge on any atom is 0.216 e. The van der Waals surface area contributed by atoms with Gasteiger partial charge in [0.25, 0.3) is 0 Å². The third-order valence-corrected chi connectivity index (χ3v) is 2.95. The predicted octanol–water partition coefficient (Wildman–Crippen LogP) is 1.38. The second-order valence-electron chi connectivity index (χ2n) is 4.44. The number of ether oxygens (including phenoxy) is 2. The quantitative estimate of drug-likeness (QED) is 0.707. The molecule has 0 aromatic heterocycles. The van der Waals surface area contributed by atoms with E-state index in [1.165, 1.54) is 6.92 Å². The van der Waals surface area contributed by atoms with Gasteiger partial charge in [0, 0.05) is 19.0 Å². The fourth-order valence-corrected chi connectivity index (χ4v) is 1.96. The maximum absolute atomic E-state index is 10.8. The topological polar surface area (TPSA) is 83.4 Å². The number of amides is 1. The van der Waals surface area contributed by atoms with Crippen LogP contribution < -0.4 is 20.1 Å². The molecule has 0 saturated carbocycles. The minimum Gasteiger partial charge on any atom is -0.493 e. The summed E-state index contributed by atoms with van der Waals surface area (Å²) in [6.07, 6.45) is 0.740. The summed E-state index contributed by atoms with van der Waals surface area (Å²) in [6.45, 7) is 2.67. The first-order valence-electron chi connectivity index (χ1n) is 6.72. The average Bonchev–Trinajstić information content (AvgIpc) is 2.49. The number of nitrogens with one attached hydrogen (secondary N) is 2. The zero-order valence-corrected chi connectivity index (χ0v) is 12.6. The minimum absolute atomic E-state index is 0.0544. The molecule has 1 amide bonds. The Hall–Kier alpha value is -2.26. The Kier molecular flexibility index (Phi) is 7.05. The first kappa shape index (κ1) is 16.8. The van der Waals surface area contributed by atoms with Gasteiger partial charge in [0.15, 0.2) is 11.5 Å². The van der Waals surface area contributed by atoms with E-state index in [-0.39, 0.29) is 5.91 Å². The van der Waals surface area contributed by atoms with Gasteiger partial charge in [0.1, 0.15) is 6.04 Å². The van der Waals surface area contributed by atoms with Crippen LogP contribution in [0.5, 0.6) is 11.5 Å². The van der Waals surface area contributed by atoms with Gasteiger partial charge >= 0.3 is 0 Å². The van der Waals surface area contributed by atoms with Crippen LogP contribution in [-0.2, 0) is 4.79 Å². The van der Waals surface area contributed by atoms with Crippen molar-refractivity contribution in [2.75, 3.05) is 27.3 Å². The fourth-order valence-electron chi connectivity index (χ4n) is 1.96. The van der Waals surface area contributed by atoms with Gasteiger partial charge in [-0.25, -0.2) is 0 Å². The van der Waals surface area contributed by atoms with E-state index >= 15 is 0 Å². The van der Waals surface area contributed by atoms with Crippen LogP contribution in [0.1, 0.15) is 24.9 Å². The number of para-hydroxylation sites is 1. The molecule has 0 fully saturated rings. The Balaban J connectivity index is 2.68. The number of rotatable bonds is 8. The van der Waals surface area contributed by atoms with Gasteiger partial charge in [-0.15, -0.1) is 0 Å². The Morgan fingerprint density at radius 2 is 2.10 bits per heavy atom. The number of carbonyl (C=O) groups is 1. The van der Waals surface area contributed by atoms with Crippen LogP contribution in [0, 0.1) is 11.3 Å². The SMILES string of the molecule is COc1cccc(C(C#N)NCCCNC(C)=O)c1OC. The van der Waals surface area contributed by atoms with E-state index in [1.54, 1.807) is 20.3 Å². The monoisotopic (exact) mass is 291 g/mol. The molecule has 0 aliphatic carbocycles. The molecule has 114 valence electrons. The largest absolute Gasteiger partial charge is 0.493 e. The van der Waals surface area contributed by atoms with E-state index in [4.69, 9.17) is 9.47 Å². The van der Waals surface area contributed by atoms with Crippen molar-refractivity contribution in [3.05, 3.63) is 23.8 Å². The third-order valence-electron chi connectivity index (χ3n) is 2.95. The maximum atomic E-state index is 10.8. The first-order valence-corrected chi connectivity index (χ1v) is 6.72. The third kappa shape index (κ3) is 4.97. The highest BCUT2D eigenvalue weighted by atomic mass is 16.5. The molecule has 1 aromatic rings. The van der Waals surface area contributed by atoms with Crippen molar-refractivity contribution >= 4 is 5.91 Å². The van der Waals surface area contributed by atoms with E-state index in [9.17, 15) is 10.1 Å². The van der Waals surface area contributed by atoms with Crippen LogP contribution in [0.4, 0.5) is 0 Å². The summed E-state index contributed by atoms with van der Waals surface area (Å²) in [6, 6.07) is 7.15. The molecule has 0 aliphatic heterocycles. The van der Waals surface area contributed by atoms with Crippen LogP contribution in [0.15, 0.2) is 18.2 Å². The lowest BCUT2D eigenvalue weighted by Gasteiger charge is -2.17. The fraction of sp³-hybridized carbons (Fsp3) is 0.467. The molecular formula is C15H21N3O3. The van der Waals surface area contributed by atoms with Gasteiger partial charge in [0.05, 0.1) is 20.3 Å². The Bertz CT molecular complexity index is 511. The molecule has 1 atom stereocenters. The molecule has 1 aromatic carbocycles. The lowest BCUT2D eigenvalue weighted by Crippen LogP contribution is -2.27. The predicted molar refractivity (Wildman–Crippen MR) is 79.2 cm³/mol.